The van der Waals surface area contributed by atoms with E-state index in [4.69, 9.17) is 10.8 Å². The van der Waals surface area contributed by atoms with E-state index in [0.29, 0.717) is 18.1 Å². The predicted molar refractivity (Wildman–Crippen MR) is 70.9 cm³/mol. The van der Waals surface area contributed by atoms with Crippen LogP contribution >= 0.6 is 0 Å². The number of nitrogens with zero attached hydrogens (tertiary/aromatic N) is 3. The lowest BCUT2D eigenvalue weighted by Gasteiger charge is -2.16. The molecule has 1 atom stereocenters. The van der Waals surface area contributed by atoms with Gasteiger partial charge in [-0.15, -0.1) is 0 Å². The van der Waals surface area contributed by atoms with Crippen LogP contribution in [0.3, 0.4) is 0 Å². The molecular formula is C12H15N5O2. The second-order valence-corrected chi connectivity index (χ2v) is 4.24. The average Bonchev–Trinajstić information content (AvgIpc) is 2.84. The van der Waals surface area contributed by atoms with E-state index in [1.54, 1.807) is 10.9 Å². The molecule has 7 nitrogen and oxygen atoms in total. The maximum Gasteiger partial charge on any atom is 0.337 e. The van der Waals surface area contributed by atoms with Crippen molar-refractivity contribution in [2.75, 3.05) is 11.1 Å². The number of rotatable bonds is 5. The summed E-state index contributed by atoms with van der Waals surface area (Å²) in [5.41, 5.74) is 6.15. The fourth-order valence-electron chi connectivity index (χ4n) is 1.69. The molecule has 0 radical (unpaired) electrons. The zero-order chi connectivity index (χ0) is 13.8. The van der Waals surface area contributed by atoms with Gasteiger partial charge in [0, 0.05) is 24.6 Å². The highest BCUT2D eigenvalue weighted by Gasteiger charge is 2.10. The van der Waals surface area contributed by atoms with Crippen LogP contribution in [0.15, 0.2) is 30.7 Å². The first-order valence-electron chi connectivity index (χ1n) is 5.79. The Morgan fingerprint density at radius 3 is 3.00 bits per heavy atom. The van der Waals surface area contributed by atoms with Gasteiger partial charge in [-0.2, -0.15) is 5.10 Å². The van der Waals surface area contributed by atoms with Gasteiger partial charge in [0.15, 0.2) is 0 Å². The average molecular weight is 261 g/mol. The molecule has 0 aliphatic heterocycles. The van der Waals surface area contributed by atoms with Crippen LogP contribution in [0.2, 0.25) is 0 Å². The van der Waals surface area contributed by atoms with Crippen LogP contribution in [0.25, 0.3) is 0 Å². The van der Waals surface area contributed by atoms with Crippen LogP contribution in [0, 0.1) is 0 Å². The van der Waals surface area contributed by atoms with Gasteiger partial charge in [0.25, 0.3) is 0 Å². The smallest absolute Gasteiger partial charge is 0.337 e. The molecule has 0 amide bonds. The Labute approximate surface area is 110 Å². The molecule has 0 fully saturated rings. The van der Waals surface area contributed by atoms with E-state index in [-0.39, 0.29) is 11.6 Å². The first kappa shape index (κ1) is 12.9. The Bertz CT molecular complexity index is 568. The molecule has 2 heterocycles. The van der Waals surface area contributed by atoms with Crippen molar-refractivity contribution in [1.29, 1.82) is 0 Å². The lowest BCUT2D eigenvalue weighted by atomic mass is 10.2. The Morgan fingerprint density at radius 1 is 1.63 bits per heavy atom. The van der Waals surface area contributed by atoms with Gasteiger partial charge < -0.3 is 16.2 Å². The molecule has 2 aromatic rings. The molecule has 0 spiro atoms. The number of aromatic carboxylic acids is 1. The molecule has 4 N–H and O–H groups in total. The normalized spacial score (nSPS) is 12.1. The highest BCUT2D eigenvalue weighted by molar-refractivity contribution is 5.89. The van der Waals surface area contributed by atoms with Crippen LogP contribution in [-0.4, -0.2) is 31.9 Å². The van der Waals surface area contributed by atoms with Crippen LogP contribution < -0.4 is 11.1 Å². The molecule has 0 aromatic carbocycles. The van der Waals surface area contributed by atoms with Crippen molar-refractivity contribution in [2.45, 2.75) is 19.5 Å². The van der Waals surface area contributed by atoms with Crippen LogP contribution in [0.5, 0.6) is 0 Å². The van der Waals surface area contributed by atoms with E-state index in [9.17, 15) is 4.79 Å². The third-order valence-corrected chi connectivity index (χ3v) is 2.57. The van der Waals surface area contributed by atoms with Gasteiger partial charge in [0.2, 0.25) is 0 Å². The number of nitrogens with two attached hydrogens (primary N) is 1. The minimum Gasteiger partial charge on any atom is -0.478 e. The first-order valence-corrected chi connectivity index (χ1v) is 5.79. The molecule has 1 unspecified atom stereocenters. The minimum atomic E-state index is -1.05. The van der Waals surface area contributed by atoms with Crippen molar-refractivity contribution >= 4 is 17.5 Å². The third kappa shape index (κ3) is 3.21. The first-order chi connectivity index (χ1) is 9.06. The summed E-state index contributed by atoms with van der Waals surface area (Å²) in [6, 6.07) is 3.30. The van der Waals surface area contributed by atoms with Crippen molar-refractivity contribution in [3.8, 4) is 0 Å². The summed E-state index contributed by atoms with van der Waals surface area (Å²) in [6.07, 6.45) is 4.85. The largest absolute Gasteiger partial charge is 0.478 e. The Morgan fingerprint density at radius 2 is 2.42 bits per heavy atom. The molecule has 0 saturated carbocycles. The topological polar surface area (TPSA) is 106 Å². The molecular weight excluding hydrogens is 246 g/mol. The molecule has 0 aliphatic carbocycles. The molecule has 2 rings (SSSR count). The Hall–Kier alpha value is -2.57. The van der Waals surface area contributed by atoms with E-state index in [1.807, 2.05) is 19.2 Å². The highest BCUT2D eigenvalue weighted by Crippen LogP contribution is 2.17. The second kappa shape index (κ2) is 5.38. The second-order valence-electron chi connectivity index (χ2n) is 4.24. The van der Waals surface area contributed by atoms with Crippen molar-refractivity contribution in [1.82, 2.24) is 14.8 Å². The van der Waals surface area contributed by atoms with Crippen molar-refractivity contribution in [2.24, 2.45) is 0 Å². The number of aromatic nitrogens is 3. The monoisotopic (exact) mass is 261 g/mol. The third-order valence-electron chi connectivity index (χ3n) is 2.57. The van der Waals surface area contributed by atoms with Crippen LogP contribution in [0.4, 0.5) is 11.5 Å². The number of carboxylic acid groups (broad SMARTS) is 1. The van der Waals surface area contributed by atoms with Crippen molar-refractivity contribution in [3.63, 3.8) is 0 Å². The summed E-state index contributed by atoms with van der Waals surface area (Å²) in [4.78, 5) is 14.8. The van der Waals surface area contributed by atoms with E-state index in [1.165, 1.54) is 12.3 Å². The lowest BCUT2D eigenvalue weighted by Crippen LogP contribution is -2.23. The van der Waals surface area contributed by atoms with E-state index in [2.05, 4.69) is 15.4 Å². The number of carbonyl (C=O) groups is 1. The molecule has 0 saturated heterocycles. The summed E-state index contributed by atoms with van der Waals surface area (Å²) in [6.45, 7) is 2.63. The zero-order valence-corrected chi connectivity index (χ0v) is 10.4. The molecule has 0 aliphatic rings. The van der Waals surface area contributed by atoms with Gasteiger partial charge in [0.05, 0.1) is 17.8 Å². The Balaban J connectivity index is 2.04. The van der Waals surface area contributed by atoms with Crippen LogP contribution in [-0.2, 0) is 6.54 Å². The summed E-state index contributed by atoms with van der Waals surface area (Å²) in [5, 5.41) is 16.1. The number of hydrogen-bond donors (Lipinski definition) is 3. The van der Waals surface area contributed by atoms with Gasteiger partial charge in [-0.25, -0.2) is 9.78 Å². The fraction of sp³-hybridized carbons (Fsp3) is 0.250. The van der Waals surface area contributed by atoms with E-state index in [0.717, 1.165) is 0 Å². The number of pyridine rings is 1. The summed E-state index contributed by atoms with van der Waals surface area (Å²) in [5.74, 6) is -0.569. The molecule has 19 heavy (non-hydrogen) atoms. The maximum absolute atomic E-state index is 10.8. The number of anilines is 2. The molecule has 7 heteroatoms. The number of hydrogen-bond acceptors (Lipinski definition) is 5. The highest BCUT2D eigenvalue weighted by atomic mass is 16.4. The van der Waals surface area contributed by atoms with Crippen LogP contribution in [0.1, 0.15) is 17.3 Å². The quantitative estimate of drug-likeness (QED) is 0.743. The summed E-state index contributed by atoms with van der Waals surface area (Å²) < 4.78 is 1.79. The van der Waals surface area contributed by atoms with Gasteiger partial charge >= 0.3 is 5.97 Å². The minimum absolute atomic E-state index is 0.0605. The van der Waals surface area contributed by atoms with Gasteiger partial charge in [-0.3, -0.25) is 4.68 Å². The predicted octanol–water partition coefficient (Wildman–Crippen LogP) is 1.06. The molecule has 100 valence electrons. The van der Waals surface area contributed by atoms with Gasteiger partial charge in [0.1, 0.15) is 5.82 Å². The summed E-state index contributed by atoms with van der Waals surface area (Å²) in [7, 11) is 0. The standard InChI is InChI=1S/C12H15N5O2/c1-8(7-17-4-2-3-15-17)16-11-10(13)5-9(6-14-11)12(18)19/h2-6,8H,7,13H2,1H3,(H,14,16)(H,18,19). The zero-order valence-electron chi connectivity index (χ0n) is 10.4. The number of nitrogens with one attached hydrogen (secondary N) is 1. The summed E-state index contributed by atoms with van der Waals surface area (Å²) >= 11 is 0. The fourth-order valence-corrected chi connectivity index (χ4v) is 1.69. The maximum atomic E-state index is 10.8. The molecule has 2 aromatic heterocycles. The van der Waals surface area contributed by atoms with E-state index >= 15 is 0 Å². The molecule has 0 bridgehead atoms. The number of carboxylic acids is 1. The lowest BCUT2D eigenvalue weighted by molar-refractivity contribution is 0.0696. The van der Waals surface area contributed by atoms with Gasteiger partial charge in [-0.05, 0) is 19.1 Å². The van der Waals surface area contributed by atoms with Crippen molar-refractivity contribution < 1.29 is 9.90 Å². The number of nitrogen functional groups attached to an aromatic ring is 1. The van der Waals surface area contributed by atoms with E-state index < -0.39 is 5.97 Å². The Kier molecular flexibility index (Phi) is 3.65. The van der Waals surface area contributed by atoms with Gasteiger partial charge in [-0.1, -0.05) is 0 Å². The SMILES string of the molecule is CC(Cn1cccn1)Nc1ncc(C(=O)O)cc1N. The van der Waals surface area contributed by atoms with Crippen molar-refractivity contribution in [3.05, 3.63) is 36.3 Å².